The highest BCUT2D eigenvalue weighted by molar-refractivity contribution is 6.39. The molecule has 1 saturated carbocycles. The number of hydrogen-bond donors (Lipinski definition) is 3. The van der Waals surface area contributed by atoms with Crippen LogP contribution in [0.1, 0.15) is 55.2 Å². The highest BCUT2D eigenvalue weighted by atomic mass is 16.2. The highest BCUT2D eigenvalue weighted by Crippen LogP contribution is 2.25. The second kappa shape index (κ2) is 8.99. The van der Waals surface area contributed by atoms with Gasteiger partial charge in [0, 0.05) is 31.3 Å². The van der Waals surface area contributed by atoms with E-state index in [9.17, 15) is 14.4 Å². The van der Waals surface area contributed by atoms with Crippen molar-refractivity contribution >= 4 is 23.4 Å². The molecule has 0 saturated heterocycles. The maximum atomic E-state index is 12.5. The largest absolute Gasteiger partial charge is 0.352 e. The number of hydrazone groups is 1. The van der Waals surface area contributed by atoms with Gasteiger partial charge < -0.3 is 10.6 Å². The smallest absolute Gasteiger partial charge is 0.267 e. The summed E-state index contributed by atoms with van der Waals surface area (Å²) in [5.41, 5.74) is 6.23. The number of benzene rings is 1. The second-order valence-electron chi connectivity index (χ2n) is 7.76. The first-order valence-electron chi connectivity index (χ1n) is 9.92. The summed E-state index contributed by atoms with van der Waals surface area (Å²) in [6.45, 7) is 4.65. The van der Waals surface area contributed by atoms with Crippen molar-refractivity contribution in [2.45, 2.75) is 65.0 Å². The quantitative estimate of drug-likeness (QED) is 0.722. The third kappa shape index (κ3) is 5.18. The Morgan fingerprint density at radius 3 is 2.57 bits per heavy atom. The molecule has 1 aliphatic carbocycles. The summed E-state index contributed by atoms with van der Waals surface area (Å²) in [4.78, 5) is 35.9. The van der Waals surface area contributed by atoms with E-state index in [-0.39, 0.29) is 29.7 Å². The molecular formula is C21H28N4O3. The van der Waals surface area contributed by atoms with Gasteiger partial charge in [0.2, 0.25) is 11.8 Å². The lowest BCUT2D eigenvalue weighted by atomic mass is 9.85. The monoisotopic (exact) mass is 384 g/mol. The average molecular weight is 384 g/mol. The molecule has 2 aliphatic rings. The van der Waals surface area contributed by atoms with Gasteiger partial charge in [0.05, 0.1) is 0 Å². The fourth-order valence-corrected chi connectivity index (χ4v) is 3.72. The zero-order chi connectivity index (χ0) is 20.1. The zero-order valence-electron chi connectivity index (χ0n) is 16.5. The lowest BCUT2D eigenvalue weighted by Crippen LogP contribution is -2.44. The first-order valence-corrected chi connectivity index (χ1v) is 9.92. The Morgan fingerprint density at radius 2 is 1.89 bits per heavy atom. The molecule has 1 aromatic carbocycles. The van der Waals surface area contributed by atoms with E-state index in [1.165, 1.54) is 11.1 Å². The normalized spacial score (nSPS) is 22.1. The minimum atomic E-state index is -0.220. The van der Waals surface area contributed by atoms with Crippen LogP contribution in [0, 0.1) is 19.8 Å². The van der Waals surface area contributed by atoms with Crippen LogP contribution in [0.25, 0.3) is 0 Å². The summed E-state index contributed by atoms with van der Waals surface area (Å²) in [5.74, 6) is -0.304. The molecule has 3 rings (SSSR count). The Kier molecular flexibility index (Phi) is 6.44. The molecule has 3 amide bonds. The fraction of sp³-hybridized carbons (Fsp3) is 0.524. The lowest BCUT2D eigenvalue weighted by Gasteiger charge is -2.28. The van der Waals surface area contributed by atoms with Crippen LogP contribution in [-0.4, -0.2) is 29.5 Å². The van der Waals surface area contributed by atoms with Crippen LogP contribution >= 0.6 is 0 Å². The molecule has 3 N–H and O–H groups in total. The van der Waals surface area contributed by atoms with Crippen molar-refractivity contribution in [3.8, 4) is 0 Å². The van der Waals surface area contributed by atoms with E-state index in [4.69, 9.17) is 0 Å². The van der Waals surface area contributed by atoms with Gasteiger partial charge in [-0.1, -0.05) is 23.8 Å². The lowest BCUT2D eigenvalue weighted by molar-refractivity contribution is -0.126. The summed E-state index contributed by atoms with van der Waals surface area (Å²) in [7, 11) is 0. The molecule has 1 aromatic rings. The maximum absolute atomic E-state index is 12.5. The summed E-state index contributed by atoms with van der Waals surface area (Å²) in [5, 5.41) is 9.87. The predicted molar refractivity (Wildman–Crippen MR) is 106 cm³/mol. The maximum Gasteiger partial charge on any atom is 0.267 e. The van der Waals surface area contributed by atoms with E-state index in [1.807, 2.05) is 6.92 Å². The van der Waals surface area contributed by atoms with E-state index in [0.717, 1.165) is 31.2 Å². The number of amides is 3. The molecular weight excluding hydrogens is 356 g/mol. The van der Waals surface area contributed by atoms with E-state index in [0.29, 0.717) is 25.1 Å². The van der Waals surface area contributed by atoms with Gasteiger partial charge in [-0.15, -0.1) is 0 Å². The van der Waals surface area contributed by atoms with E-state index in [2.05, 4.69) is 46.3 Å². The van der Waals surface area contributed by atoms with Gasteiger partial charge in [-0.3, -0.25) is 14.4 Å². The van der Waals surface area contributed by atoms with Crippen molar-refractivity contribution in [2.75, 3.05) is 0 Å². The fourth-order valence-electron chi connectivity index (χ4n) is 3.72. The number of carbonyl (C=O) groups is 3. The minimum Gasteiger partial charge on any atom is -0.352 e. The molecule has 0 bridgehead atoms. The first-order chi connectivity index (χ1) is 13.4. The number of hydrogen-bond acceptors (Lipinski definition) is 4. The van der Waals surface area contributed by atoms with Crippen molar-refractivity contribution < 1.29 is 14.4 Å². The molecule has 1 heterocycles. The zero-order valence-corrected chi connectivity index (χ0v) is 16.5. The summed E-state index contributed by atoms with van der Waals surface area (Å²) in [6.07, 6.45) is 3.72. The topological polar surface area (TPSA) is 99.7 Å². The number of rotatable bonds is 5. The Morgan fingerprint density at radius 1 is 1.14 bits per heavy atom. The first kappa shape index (κ1) is 20.0. The van der Waals surface area contributed by atoms with Gasteiger partial charge >= 0.3 is 0 Å². The minimum absolute atomic E-state index is 0.00965. The average Bonchev–Trinajstić information content (AvgIpc) is 2.69. The van der Waals surface area contributed by atoms with Crippen molar-refractivity contribution in [1.29, 1.82) is 0 Å². The van der Waals surface area contributed by atoms with Crippen LogP contribution in [0.3, 0.4) is 0 Å². The second-order valence-corrected chi connectivity index (χ2v) is 7.76. The van der Waals surface area contributed by atoms with Gasteiger partial charge in [-0.25, -0.2) is 5.43 Å². The third-order valence-corrected chi connectivity index (χ3v) is 5.56. The van der Waals surface area contributed by atoms with Gasteiger partial charge in [-0.2, -0.15) is 5.10 Å². The molecule has 0 spiro atoms. The van der Waals surface area contributed by atoms with Gasteiger partial charge in [0.25, 0.3) is 5.91 Å². The van der Waals surface area contributed by atoms with Gasteiger partial charge in [-0.05, 0) is 50.7 Å². The van der Waals surface area contributed by atoms with Crippen LogP contribution in [-0.2, 0) is 20.9 Å². The Balaban J connectivity index is 1.43. The van der Waals surface area contributed by atoms with Crippen LogP contribution in [0.4, 0.5) is 0 Å². The molecule has 1 fully saturated rings. The number of aryl methyl sites for hydroxylation is 2. The molecule has 0 radical (unpaired) electrons. The van der Waals surface area contributed by atoms with Gasteiger partial charge in [0.1, 0.15) is 5.71 Å². The van der Waals surface area contributed by atoms with Crippen LogP contribution < -0.4 is 16.1 Å². The summed E-state index contributed by atoms with van der Waals surface area (Å²) in [6, 6.07) is 6.31. The van der Waals surface area contributed by atoms with E-state index >= 15 is 0 Å². The standard InChI is InChI=1S/C21H28N4O3/c1-13-3-4-14(2)16(11-13)12-22-20(27)15-5-7-17(8-6-15)23-21(28)18-9-10-19(26)25-24-18/h3-4,11,15,17H,5-10,12H2,1-2H3,(H,22,27)(H,23,28)(H,25,26). The van der Waals surface area contributed by atoms with Crippen molar-refractivity contribution in [2.24, 2.45) is 11.0 Å². The molecule has 7 heteroatoms. The number of carbonyl (C=O) groups excluding carboxylic acids is 3. The predicted octanol–water partition coefficient (Wildman–Crippen LogP) is 1.86. The SMILES string of the molecule is Cc1ccc(C)c(CNC(=O)C2CCC(NC(=O)C3=NNC(=O)CC3)CC2)c1. The highest BCUT2D eigenvalue weighted by Gasteiger charge is 2.28. The number of nitrogens with one attached hydrogen (secondary N) is 3. The Hall–Kier alpha value is -2.70. The molecule has 1 aliphatic heterocycles. The number of nitrogens with zero attached hydrogens (tertiary/aromatic N) is 1. The van der Waals surface area contributed by atoms with Gasteiger partial charge in [0.15, 0.2) is 0 Å². The summed E-state index contributed by atoms with van der Waals surface area (Å²) >= 11 is 0. The molecule has 0 unspecified atom stereocenters. The van der Waals surface area contributed by atoms with Crippen LogP contribution in [0.5, 0.6) is 0 Å². The molecule has 150 valence electrons. The molecule has 0 atom stereocenters. The van der Waals surface area contributed by atoms with E-state index in [1.54, 1.807) is 0 Å². The Labute approximate surface area is 165 Å². The van der Waals surface area contributed by atoms with Crippen molar-refractivity contribution in [3.63, 3.8) is 0 Å². The summed E-state index contributed by atoms with van der Waals surface area (Å²) < 4.78 is 0. The molecule has 7 nitrogen and oxygen atoms in total. The van der Waals surface area contributed by atoms with Crippen LogP contribution in [0.15, 0.2) is 23.3 Å². The van der Waals surface area contributed by atoms with Crippen molar-refractivity contribution in [3.05, 3.63) is 34.9 Å². The Bertz CT molecular complexity index is 795. The third-order valence-electron chi connectivity index (χ3n) is 5.56. The molecule has 0 aromatic heterocycles. The van der Waals surface area contributed by atoms with Crippen LogP contribution in [0.2, 0.25) is 0 Å². The van der Waals surface area contributed by atoms with Crippen molar-refractivity contribution in [1.82, 2.24) is 16.1 Å². The molecule has 28 heavy (non-hydrogen) atoms. The van der Waals surface area contributed by atoms with E-state index < -0.39 is 0 Å².